The number of aryl methyl sites for hydroxylation is 5. The van der Waals surface area contributed by atoms with Gasteiger partial charge >= 0.3 is 0 Å². The second-order valence-corrected chi connectivity index (χ2v) is 16.3. The van der Waals surface area contributed by atoms with Gasteiger partial charge in [-0.1, -0.05) is 156 Å². The van der Waals surface area contributed by atoms with E-state index in [-0.39, 0.29) is 0 Å². The molecule has 2 heteroatoms. The molecule has 0 N–H and O–H groups in total. The first-order chi connectivity index (χ1) is 21.3. The van der Waals surface area contributed by atoms with Crippen molar-refractivity contribution in [3.8, 4) is 11.1 Å². The molecule has 0 bridgehead atoms. The van der Waals surface area contributed by atoms with E-state index in [4.69, 9.17) is 0 Å². The second kappa shape index (κ2) is 13.0. The van der Waals surface area contributed by atoms with Crippen LogP contribution < -0.4 is 31.8 Å². The molecule has 0 atom stereocenters. The Labute approximate surface area is 266 Å². The van der Waals surface area contributed by atoms with Crippen LogP contribution in [0.15, 0.2) is 133 Å². The molecular weight excluding hydrogens is 566 g/mol. The third-order valence-electron chi connectivity index (χ3n) is 8.54. The molecule has 0 unspecified atom stereocenters. The number of rotatable bonds is 7. The number of hydrogen-bond donors (Lipinski definition) is 0. The minimum Gasteiger partial charge on any atom is -0.0616 e. The summed E-state index contributed by atoms with van der Waals surface area (Å²) in [5, 5.41) is 8.37. The zero-order chi connectivity index (χ0) is 30.8. The first-order valence-corrected chi connectivity index (χ1v) is 18.0. The minimum atomic E-state index is -0.785. The normalized spacial score (nSPS) is 11.4. The molecule has 0 fully saturated rings. The second-order valence-electron chi connectivity index (χ2n) is 11.9. The fourth-order valence-electron chi connectivity index (χ4n) is 5.84. The lowest BCUT2D eigenvalue weighted by Gasteiger charge is -2.28. The van der Waals surface area contributed by atoms with Crippen molar-refractivity contribution >= 4 is 47.7 Å². The van der Waals surface area contributed by atoms with Gasteiger partial charge in [-0.15, -0.1) is 0 Å². The van der Waals surface area contributed by atoms with Crippen LogP contribution in [-0.2, 0) is 0 Å². The van der Waals surface area contributed by atoms with Gasteiger partial charge in [0.1, 0.15) is 0 Å². The van der Waals surface area contributed by atoms with E-state index in [9.17, 15) is 0 Å². The van der Waals surface area contributed by atoms with Crippen LogP contribution in [0.3, 0.4) is 0 Å². The van der Waals surface area contributed by atoms with Crippen molar-refractivity contribution in [3.63, 3.8) is 0 Å². The summed E-state index contributed by atoms with van der Waals surface area (Å²) in [7, 11) is -1.56. The van der Waals surface area contributed by atoms with Crippen LogP contribution in [-0.4, -0.2) is 0 Å². The van der Waals surface area contributed by atoms with Gasteiger partial charge in [-0.3, -0.25) is 0 Å². The molecule has 0 heterocycles. The monoisotopic (exact) mass is 606 g/mol. The highest BCUT2D eigenvalue weighted by Crippen LogP contribution is 2.42. The first-order valence-electron chi connectivity index (χ1n) is 15.4. The third-order valence-corrected chi connectivity index (χ3v) is 13.5. The van der Waals surface area contributed by atoms with Gasteiger partial charge in [0.25, 0.3) is 0 Å². The Morgan fingerprint density at radius 2 is 0.705 bits per heavy atom. The fourth-order valence-corrected chi connectivity index (χ4v) is 10.7. The fraction of sp³-hybridized carbons (Fsp3) is 0.143. The van der Waals surface area contributed by atoms with Crippen molar-refractivity contribution in [3.05, 3.63) is 167 Å². The maximum Gasteiger partial charge on any atom is -0.00617 e. The van der Waals surface area contributed by atoms with Gasteiger partial charge in [-0.2, -0.15) is 0 Å². The lowest BCUT2D eigenvalue weighted by molar-refractivity contribution is 1.35. The molecule has 0 aliphatic rings. The van der Waals surface area contributed by atoms with Crippen LogP contribution in [0.4, 0.5) is 0 Å². The predicted octanol–water partition coefficient (Wildman–Crippen LogP) is 8.72. The predicted molar refractivity (Wildman–Crippen MR) is 198 cm³/mol. The zero-order valence-corrected chi connectivity index (χ0v) is 28.4. The summed E-state index contributed by atoms with van der Waals surface area (Å²) < 4.78 is 0. The van der Waals surface area contributed by atoms with E-state index in [1.165, 1.54) is 76.3 Å². The minimum absolute atomic E-state index is 0.779. The van der Waals surface area contributed by atoms with Gasteiger partial charge < -0.3 is 0 Å². The Bertz CT molecular complexity index is 1790. The van der Waals surface area contributed by atoms with Crippen molar-refractivity contribution in [2.45, 2.75) is 41.5 Å². The molecule has 0 nitrogen and oxygen atoms in total. The highest BCUT2D eigenvalue weighted by molar-refractivity contribution is 7.80. The molecule has 6 rings (SSSR count). The molecule has 0 aliphatic carbocycles. The van der Waals surface area contributed by atoms with Crippen LogP contribution in [0.2, 0.25) is 0 Å². The molecule has 0 saturated heterocycles. The van der Waals surface area contributed by atoms with Gasteiger partial charge in [0.2, 0.25) is 0 Å². The summed E-state index contributed by atoms with van der Waals surface area (Å²) in [6, 6.07) is 50.8. The van der Waals surface area contributed by atoms with Crippen molar-refractivity contribution in [1.82, 2.24) is 0 Å². The highest BCUT2D eigenvalue weighted by Gasteiger charge is 2.26. The summed E-state index contributed by atoms with van der Waals surface area (Å²) >= 11 is 0. The third kappa shape index (κ3) is 6.21. The highest BCUT2D eigenvalue weighted by atomic mass is 31.1. The van der Waals surface area contributed by atoms with Crippen LogP contribution in [0.25, 0.3) is 11.1 Å². The van der Waals surface area contributed by atoms with E-state index in [1.54, 1.807) is 0 Å². The SMILES string of the molecule is Cc1ccc(P(c2ccc(C)cc2)c2ccccc2-c2c(P(c3ccc(C)cc3)c3ccc(C)cc3)ccc(C)c2C)cc1. The van der Waals surface area contributed by atoms with Crippen LogP contribution >= 0.6 is 15.8 Å². The van der Waals surface area contributed by atoms with Crippen LogP contribution in [0, 0.1) is 41.5 Å². The van der Waals surface area contributed by atoms with E-state index < -0.39 is 15.8 Å². The molecule has 6 aromatic rings. The molecule has 0 saturated carbocycles. The molecule has 0 radical (unpaired) electrons. The smallest absolute Gasteiger partial charge is 0.00617 e. The van der Waals surface area contributed by atoms with Gasteiger partial charge in [0, 0.05) is 0 Å². The Morgan fingerprint density at radius 1 is 0.341 bits per heavy atom. The van der Waals surface area contributed by atoms with Gasteiger partial charge in [-0.05, 0) is 111 Å². The van der Waals surface area contributed by atoms with Gasteiger partial charge in [-0.25, -0.2) is 0 Å². The topological polar surface area (TPSA) is 0 Å². The maximum atomic E-state index is 2.42. The lowest BCUT2D eigenvalue weighted by Crippen LogP contribution is -2.26. The number of benzene rings is 6. The van der Waals surface area contributed by atoms with Crippen LogP contribution in [0.5, 0.6) is 0 Å². The Morgan fingerprint density at radius 3 is 1.11 bits per heavy atom. The van der Waals surface area contributed by atoms with Crippen molar-refractivity contribution in [2.75, 3.05) is 0 Å². The average molecular weight is 607 g/mol. The summed E-state index contributed by atoms with van der Waals surface area (Å²) in [5.74, 6) is 0. The van der Waals surface area contributed by atoms with Crippen molar-refractivity contribution < 1.29 is 0 Å². The average Bonchev–Trinajstić information content (AvgIpc) is 3.03. The summed E-state index contributed by atoms with van der Waals surface area (Å²) in [6.07, 6.45) is 0. The zero-order valence-electron chi connectivity index (χ0n) is 26.6. The standard InChI is InChI=1S/C42H40P2/c1-29-11-20-35(21-12-29)43(36-22-13-30(2)14-23-36)40-10-8-7-9-39(40)42-34(6)33(5)19-28-41(42)44(37-24-15-31(3)16-25-37)38-26-17-32(4)18-27-38/h7-28H,1-6H3. The van der Waals surface area contributed by atoms with Crippen molar-refractivity contribution in [2.24, 2.45) is 0 Å². The molecular formula is C42H40P2. The molecule has 0 aromatic heterocycles. The first kappa shape index (κ1) is 30.2. The summed E-state index contributed by atoms with van der Waals surface area (Å²) in [4.78, 5) is 0. The largest absolute Gasteiger partial charge is 0.0616 e. The van der Waals surface area contributed by atoms with E-state index >= 15 is 0 Å². The van der Waals surface area contributed by atoms with E-state index in [2.05, 4.69) is 175 Å². The Balaban J connectivity index is 1.63. The van der Waals surface area contributed by atoms with Gasteiger partial charge in [0.15, 0.2) is 0 Å². The van der Waals surface area contributed by atoms with E-state index in [1.807, 2.05) is 0 Å². The molecule has 0 amide bonds. The molecule has 218 valence electrons. The quantitative estimate of drug-likeness (QED) is 0.160. The molecule has 0 spiro atoms. The van der Waals surface area contributed by atoms with Crippen LogP contribution in [0.1, 0.15) is 33.4 Å². The summed E-state index contributed by atoms with van der Waals surface area (Å²) in [6.45, 7) is 13.3. The molecule has 6 aromatic carbocycles. The Kier molecular flexibility index (Phi) is 8.96. The van der Waals surface area contributed by atoms with Gasteiger partial charge in [0.05, 0.1) is 0 Å². The van der Waals surface area contributed by atoms with E-state index in [0.29, 0.717) is 0 Å². The maximum absolute atomic E-state index is 2.42. The van der Waals surface area contributed by atoms with E-state index in [0.717, 1.165) is 0 Å². The number of hydrogen-bond acceptors (Lipinski definition) is 0. The Hall–Kier alpha value is -3.82. The van der Waals surface area contributed by atoms with Crippen molar-refractivity contribution in [1.29, 1.82) is 0 Å². The lowest BCUT2D eigenvalue weighted by atomic mass is 9.97. The molecule has 0 aliphatic heterocycles. The molecule has 44 heavy (non-hydrogen) atoms. The summed E-state index contributed by atoms with van der Waals surface area (Å²) in [5.41, 5.74) is 10.6.